The summed E-state index contributed by atoms with van der Waals surface area (Å²) in [7, 11) is -1.75. The molecule has 0 aliphatic rings. The van der Waals surface area contributed by atoms with E-state index in [1.54, 1.807) is 0 Å². The van der Waals surface area contributed by atoms with Crippen molar-refractivity contribution in [3.05, 3.63) is 279 Å². The normalized spacial score (nSPS) is 12.0. The molecule has 0 N–H and O–H groups in total. The van der Waals surface area contributed by atoms with Gasteiger partial charge in [-0.2, -0.15) is 0 Å². The number of aromatic nitrogens is 2. The standard InChI is InChI=1S/C66H46N2S/c1-5-17-47(18-6-1)48-29-37-53(38-30-48)67-63-27-15-13-25-59(63)61-45-51(35-43-65(61)67)52-36-44-66-62(46-52)60-26-14-16-28-64(60)68(66)54-39-31-49(32-40-54)50-33-41-58(42-34-50)69(55-19-7-2-8-20-55,56-21-9-3-10-22-56)57-23-11-4-12-24-57/h1-46H. The minimum absolute atomic E-state index is 1.14. The summed E-state index contributed by atoms with van der Waals surface area (Å²) in [6.07, 6.45) is 0. The van der Waals surface area contributed by atoms with Crippen LogP contribution < -0.4 is 0 Å². The molecule has 0 radical (unpaired) electrons. The minimum atomic E-state index is -1.75. The molecule has 13 aromatic rings. The zero-order valence-corrected chi connectivity index (χ0v) is 38.7. The summed E-state index contributed by atoms with van der Waals surface area (Å²) in [4.78, 5) is 5.28. The third-order valence-electron chi connectivity index (χ3n) is 13.9. The molecule has 0 fully saturated rings. The summed E-state index contributed by atoms with van der Waals surface area (Å²) in [6.45, 7) is 0. The Morgan fingerprint density at radius 3 is 0.899 bits per heavy atom. The van der Waals surface area contributed by atoms with Crippen molar-refractivity contribution >= 4 is 53.6 Å². The zero-order valence-electron chi connectivity index (χ0n) is 37.9. The molecule has 0 atom stereocenters. The maximum Gasteiger partial charge on any atom is 0.0541 e. The van der Waals surface area contributed by atoms with Crippen LogP contribution in [0.1, 0.15) is 0 Å². The largest absolute Gasteiger partial charge is 0.309 e. The molecule has 2 aromatic heterocycles. The number of rotatable bonds is 9. The van der Waals surface area contributed by atoms with E-state index in [1.165, 1.54) is 96.6 Å². The molecule has 0 unspecified atom stereocenters. The molecule has 13 rings (SSSR count). The second-order valence-corrected chi connectivity index (χ2v) is 20.8. The van der Waals surface area contributed by atoms with Gasteiger partial charge in [0, 0.05) is 52.5 Å². The quantitative estimate of drug-likeness (QED) is 0.137. The second kappa shape index (κ2) is 16.9. The monoisotopic (exact) mass is 898 g/mol. The average molecular weight is 899 g/mol. The highest BCUT2D eigenvalue weighted by molar-refractivity contribution is 8.34. The van der Waals surface area contributed by atoms with Crippen LogP contribution in [-0.2, 0) is 0 Å². The first-order valence-corrected chi connectivity index (χ1v) is 25.3. The molecule has 0 aliphatic heterocycles. The summed E-state index contributed by atoms with van der Waals surface area (Å²) < 4.78 is 4.81. The Morgan fingerprint density at radius 2 is 0.493 bits per heavy atom. The van der Waals surface area contributed by atoms with Gasteiger partial charge >= 0.3 is 0 Å². The SMILES string of the molecule is c1ccc(-c2ccc(-n3c4ccccc4c4cc(-c5ccc6c(c5)c5ccccc5n6-c5ccc(-c6ccc(S(c7ccccc7)(c7ccccc7)c7ccccc7)cc6)cc5)ccc43)cc2)cc1. The molecule has 0 spiro atoms. The Kier molecular flexibility index (Phi) is 9.96. The highest BCUT2D eigenvalue weighted by Gasteiger charge is 2.33. The first-order chi connectivity index (χ1) is 34.2. The van der Waals surface area contributed by atoms with Gasteiger partial charge in [-0.3, -0.25) is 0 Å². The highest BCUT2D eigenvalue weighted by Crippen LogP contribution is 2.73. The predicted octanol–water partition coefficient (Wildman–Crippen LogP) is 18.2. The number of fused-ring (bicyclic) bond motifs is 6. The van der Waals surface area contributed by atoms with Crippen LogP contribution >= 0.6 is 10.0 Å². The number of nitrogens with zero attached hydrogens (tertiary/aromatic N) is 2. The van der Waals surface area contributed by atoms with E-state index in [4.69, 9.17) is 0 Å². The summed E-state index contributed by atoms with van der Waals surface area (Å²) in [5.74, 6) is 0. The first kappa shape index (κ1) is 40.6. The first-order valence-electron chi connectivity index (χ1n) is 23.6. The van der Waals surface area contributed by atoms with Crippen molar-refractivity contribution in [2.45, 2.75) is 19.6 Å². The summed E-state index contributed by atoms with van der Waals surface area (Å²) in [5, 5.41) is 4.98. The van der Waals surface area contributed by atoms with Crippen LogP contribution in [0, 0.1) is 0 Å². The summed E-state index contributed by atoms with van der Waals surface area (Å²) >= 11 is 0. The van der Waals surface area contributed by atoms with Crippen LogP contribution in [0.2, 0.25) is 0 Å². The van der Waals surface area contributed by atoms with Crippen molar-refractivity contribution in [1.82, 2.24) is 9.13 Å². The molecule has 11 aromatic carbocycles. The van der Waals surface area contributed by atoms with Crippen LogP contribution in [0.5, 0.6) is 0 Å². The Balaban J connectivity index is 0.852. The molecule has 69 heavy (non-hydrogen) atoms. The van der Waals surface area contributed by atoms with Crippen LogP contribution in [0.4, 0.5) is 0 Å². The number of para-hydroxylation sites is 2. The molecule has 0 bridgehead atoms. The Labute approximate surface area is 404 Å². The highest BCUT2D eigenvalue weighted by atomic mass is 32.3. The van der Waals surface area contributed by atoms with E-state index in [2.05, 4.69) is 288 Å². The lowest BCUT2D eigenvalue weighted by Crippen LogP contribution is -2.05. The van der Waals surface area contributed by atoms with Crippen LogP contribution in [0.15, 0.2) is 299 Å². The van der Waals surface area contributed by atoms with Gasteiger partial charge in [-0.15, -0.1) is 10.0 Å². The number of hydrogen-bond acceptors (Lipinski definition) is 0. The van der Waals surface area contributed by atoms with E-state index in [9.17, 15) is 0 Å². The van der Waals surface area contributed by atoms with Gasteiger partial charge in [-0.25, -0.2) is 0 Å². The number of hydrogen-bond donors (Lipinski definition) is 0. The Bertz CT molecular complexity index is 3850. The predicted molar refractivity (Wildman–Crippen MR) is 291 cm³/mol. The molecule has 0 aliphatic carbocycles. The van der Waals surface area contributed by atoms with E-state index < -0.39 is 10.0 Å². The molecule has 3 heteroatoms. The fraction of sp³-hybridized carbons (Fsp3) is 0. The van der Waals surface area contributed by atoms with E-state index in [1.807, 2.05) is 0 Å². The molecular weight excluding hydrogens is 853 g/mol. The molecule has 0 amide bonds. The lowest BCUT2D eigenvalue weighted by atomic mass is 10.0. The van der Waals surface area contributed by atoms with Gasteiger partial charge in [0.15, 0.2) is 0 Å². The fourth-order valence-electron chi connectivity index (χ4n) is 10.6. The van der Waals surface area contributed by atoms with Crippen molar-refractivity contribution in [3.63, 3.8) is 0 Å². The average Bonchev–Trinajstić information content (AvgIpc) is 3.95. The van der Waals surface area contributed by atoms with Gasteiger partial charge in [0.25, 0.3) is 0 Å². The van der Waals surface area contributed by atoms with Gasteiger partial charge in [-0.05, 0) is 143 Å². The molecule has 0 saturated heterocycles. The van der Waals surface area contributed by atoms with E-state index in [0.717, 1.165) is 11.4 Å². The van der Waals surface area contributed by atoms with Gasteiger partial charge in [0.2, 0.25) is 0 Å². The second-order valence-electron chi connectivity index (χ2n) is 17.7. The number of benzene rings is 11. The summed E-state index contributed by atoms with van der Waals surface area (Å²) in [6, 6.07) is 103. The lowest BCUT2D eigenvalue weighted by molar-refractivity contribution is 1.18. The van der Waals surface area contributed by atoms with Gasteiger partial charge in [0.05, 0.1) is 22.1 Å². The molecule has 2 nitrogen and oxygen atoms in total. The minimum Gasteiger partial charge on any atom is -0.309 e. The van der Waals surface area contributed by atoms with E-state index >= 15 is 0 Å². The topological polar surface area (TPSA) is 9.86 Å². The van der Waals surface area contributed by atoms with Crippen molar-refractivity contribution in [2.24, 2.45) is 0 Å². The van der Waals surface area contributed by atoms with E-state index in [-0.39, 0.29) is 0 Å². The van der Waals surface area contributed by atoms with Crippen molar-refractivity contribution < 1.29 is 0 Å². The zero-order chi connectivity index (χ0) is 45.7. The maximum absolute atomic E-state index is 2.42. The Morgan fingerprint density at radius 1 is 0.203 bits per heavy atom. The van der Waals surface area contributed by atoms with Crippen molar-refractivity contribution in [2.75, 3.05) is 0 Å². The maximum atomic E-state index is 2.42. The van der Waals surface area contributed by atoms with Crippen LogP contribution in [0.25, 0.3) is 88.4 Å². The van der Waals surface area contributed by atoms with Crippen LogP contribution in [0.3, 0.4) is 0 Å². The summed E-state index contributed by atoms with van der Waals surface area (Å²) in [5.41, 5.74) is 14.3. The van der Waals surface area contributed by atoms with Crippen LogP contribution in [-0.4, -0.2) is 9.13 Å². The lowest BCUT2D eigenvalue weighted by Gasteiger charge is -2.42. The van der Waals surface area contributed by atoms with Crippen molar-refractivity contribution in [3.8, 4) is 44.8 Å². The van der Waals surface area contributed by atoms with Crippen molar-refractivity contribution in [1.29, 1.82) is 0 Å². The third-order valence-corrected chi connectivity index (χ3v) is 17.8. The fourth-order valence-corrected chi connectivity index (χ4v) is 14.5. The third kappa shape index (κ3) is 6.81. The van der Waals surface area contributed by atoms with Gasteiger partial charge < -0.3 is 9.13 Å². The van der Waals surface area contributed by atoms with Gasteiger partial charge in [0.1, 0.15) is 0 Å². The van der Waals surface area contributed by atoms with Gasteiger partial charge in [-0.1, -0.05) is 170 Å². The molecule has 0 saturated carbocycles. The molecule has 326 valence electrons. The smallest absolute Gasteiger partial charge is 0.0541 e. The molecular formula is C66H46N2S. The Hall–Kier alpha value is -8.63. The van der Waals surface area contributed by atoms with E-state index in [0.29, 0.717) is 0 Å². The molecule has 2 heterocycles.